The van der Waals surface area contributed by atoms with Gasteiger partial charge in [-0.1, -0.05) is 23.2 Å². The second kappa shape index (κ2) is 9.94. The van der Waals surface area contributed by atoms with E-state index < -0.39 is 17.9 Å². The number of halogens is 2. The molecule has 2 rings (SSSR count). The van der Waals surface area contributed by atoms with Gasteiger partial charge in [0.25, 0.3) is 0 Å². The summed E-state index contributed by atoms with van der Waals surface area (Å²) in [6, 6.07) is 3.71. The van der Waals surface area contributed by atoms with E-state index in [1.54, 1.807) is 12.1 Å². The summed E-state index contributed by atoms with van der Waals surface area (Å²) in [5.74, 6) is -1.50. The maximum Gasteiger partial charge on any atom is 0.321 e. The number of carbonyl (C=O) groups excluding carboxylic acids is 1. The van der Waals surface area contributed by atoms with Crippen LogP contribution in [-0.2, 0) is 14.3 Å². The van der Waals surface area contributed by atoms with Crippen molar-refractivity contribution in [2.24, 2.45) is 0 Å². The Balaban J connectivity index is 1.81. The first-order chi connectivity index (χ1) is 12.0. The van der Waals surface area contributed by atoms with E-state index in [1.165, 1.54) is 6.07 Å². The first kappa shape index (κ1) is 19.9. The molecule has 1 aromatic carbocycles. The van der Waals surface area contributed by atoms with Gasteiger partial charge in [-0.05, 0) is 18.2 Å². The highest BCUT2D eigenvalue weighted by Crippen LogP contribution is 2.25. The fraction of sp³-hybridized carbons (Fsp3) is 0.500. The zero-order valence-corrected chi connectivity index (χ0v) is 15.1. The SMILES string of the molecule is O=C(C[C@@H](NCCN1CCOCC1)C(=O)O)Nc1ccc(Cl)cc1Cl. The second-order valence-electron chi connectivity index (χ2n) is 5.68. The van der Waals surface area contributed by atoms with Gasteiger partial charge in [0.15, 0.2) is 0 Å². The number of carboxylic acid groups (broad SMARTS) is 1. The Hall–Kier alpha value is -1.38. The van der Waals surface area contributed by atoms with Crippen LogP contribution in [0.3, 0.4) is 0 Å². The molecule has 0 aromatic heterocycles. The number of aliphatic carboxylic acids is 1. The van der Waals surface area contributed by atoms with E-state index in [1.807, 2.05) is 0 Å². The molecule has 0 unspecified atom stereocenters. The van der Waals surface area contributed by atoms with Crippen molar-refractivity contribution >= 4 is 40.8 Å². The van der Waals surface area contributed by atoms with Crippen LogP contribution in [0.5, 0.6) is 0 Å². The van der Waals surface area contributed by atoms with Crippen molar-refractivity contribution in [1.82, 2.24) is 10.2 Å². The van der Waals surface area contributed by atoms with E-state index >= 15 is 0 Å². The molecule has 1 saturated heterocycles. The average Bonchev–Trinajstić information content (AvgIpc) is 2.57. The van der Waals surface area contributed by atoms with E-state index in [2.05, 4.69) is 15.5 Å². The number of carboxylic acids is 1. The lowest BCUT2D eigenvalue weighted by atomic mass is 10.2. The lowest BCUT2D eigenvalue weighted by molar-refractivity contribution is -0.141. The number of hydrogen-bond donors (Lipinski definition) is 3. The Labute approximate surface area is 156 Å². The number of carbonyl (C=O) groups is 2. The monoisotopic (exact) mass is 389 g/mol. The standard InChI is InChI=1S/C16H21Cl2N3O4/c17-11-1-2-13(12(18)9-11)20-15(22)10-14(16(23)24)19-3-4-21-5-7-25-8-6-21/h1-2,9,14,19H,3-8,10H2,(H,20,22)(H,23,24)/t14-/m1/s1. The zero-order valence-electron chi connectivity index (χ0n) is 13.6. The highest BCUT2D eigenvalue weighted by atomic mass is 35.5. The predicted molar refractivity (Wildman–Crippen MR) is 96.4 cm³/mol. The topological polar surface area (TPSA) is 90.9 Å². The van der Waals surface area contributed by atoms with Crippen molar-refractivity contribution in [2.75, 3.05) is 44.7 Å². The van der Waals surface area contributed by atoms with Crippen LogP contribution >= 0.6 is 23.2 Å². The minimum absolute atomic E-state index is 0.197. The molecular formula is C16H21Cl2N3O4. The minimum Gasteiger partial charge on any atom is -0.480 e. The molecule has 1 aliphatic rings. The smallest absolute Gasteiger partial charge is 0.321 e. The first-order valence-corrected chi connectivity index (χ1v) is 8.72. The normalized spacial score (nSPS) is 16.4. The number of benzene rings is 1. The van der Waals surface area contributed by atoms with E-state index in [9.17, 15) is 14.7 Å². The number of rotatable bonds is 8. The fourth-order valence-corrected chi connectivity index (χ4v) is 2.90. The number of morpholine rings is 1. The minimum atomic E-state index is -1.07. The number of anilines is 1. The van der Waals surface area contributed by atoms with Crippen molar-refractivity contribution in [3.05, 3.63) is 28.2 Å². The van der Waals surface area contributed by atoms with Crippen LogP contribution in [0.15, 0.2) is 18.2 Å². The molecule has 1 amide bonds. The van der Waals surface area contributed by atoms with Crippen LogP contribution in [0.25, 0.3) is 0 Å². The molecule has 1 heterocycles. The maximum absolute atomic E-state index is 12.1. The lowest BCUT2D eigenvalue weighted by Crippen LogP contribution is -2.45. The molecule has 1 fully saturated rings. The van der Waals surface area contributed by atoms with Gasteiger partial charge in [-0.3, -0.25) is 14.5 Å². The van der Waals surface area contributed by atoms with Crippen LogP contribution in [0.1, 0.15) is 6.42 Å². The molecule has 0 spiro atoms. The molecule has 0 radical (unpaired) electrons. The van der Waals surface area contributed by atoms with Crippen LogP contribution < -0.4 is 10.6 Å². The molecule has 1 aliphatic heterocycles. The van der Waals surface area contributed by atoms with Gasteiger partial charge in [0.05, 0.1) is 30.3 Å². The van der Waals surface area contributed by atoms with E-state index in [4.69, 9.17) is 27.9 Å². The molecule has 138 valence electrons. The van der Waals surface area contributed by atoms with Gasteiger partial charge in [0.1, 0.15) is 6.04 Å². The summed E-state index contributed by atoms with van der Waals surface area (Å²) in [7, 11) is 0. The third kappa shape index (κ3) is 6.80. The Bertz CT molecular complexity index is 609. The first-order valence-electron chi connectivity index (χ1n) is 7.97. The number of amides is 1. The fourth-order valence-electron chi connectivity index (χ4n) is 2.45. The molecule has 7 nitrogen and oxygen atoms in total. The van der Waals surface area contributed by atoms with E-state index in [0.29, 0.717) is 42.0 Å². The molecule has 3 N–H and O–H groups in total. The number of hydrogen-bond acceptors (Lipinski definition) is 5. The highest BCUT2D eigenvalue weighted by molar-refractivity contribution is 6.36. The Morgan fingerprint density at radius 2 is 2.00 bits per heavy atom. The number of nitrogens with zero attached hydrogens (tertiary/aromatic N) is 1. The zero-order chi connectivity index (χ0) is 18.2. The van der Waals surface area contributed by atoms with E-state index in [-0.39, 0.29) is 6.42 Å². The Kier molecular flexibility index (Phi) is 7.92. The molecule has 0 aliphatic carbocycles. The van der Waals surface area contributed by atoms with Gasteiger partial charge in [-0.2, -0.15) is 0 Å². The lowest BCUT2D eigenvalue weighted by Gasteiger charge is -2.27. The molecule has 1 aromatic rings. The summed E-state index contributed by atoms with van der Waals surface area (Å²) >= 11 is 11.8. The van der Waals surface area contributed by atoms with Gasteiger partial charge in [-0.15, -0.1) is 0 Å². The summed E-state index contributed by atoms with van der Waals surface area (Å²) in [6.45, 7) is 4.22. The van der Waals surface area contributed by atoms with Crippen molar-refractivity contribution in [1.29, 1.82) is 0 Å². The molecule has 9 heteroatoms. The van der Waals surface area contributed by atoms with Crippen LogP contribution in [-0.4, -0.2) is 67.3 Å². The van der Waals surface area contributed by atoms with Crippen LogP contribution in [0, 0.1) is 0 Å². The van der Waals surface area contributed by atoms with Crippen LogP contribution in [0.2, 0.25) is 10.0 Å². The Morgan fingerprint density at radius 1 is 1.28 bits per heavy atom. The van der Waals surface area contributed by atoms with Gasteiger partial charge in [0, 0.05) is 31.2 Å². The average molecular weight is 390 g/mol. The third-order valence-electron chi connectivity index (χ3n) is 3.82. The van der Waals surface area contributed by atoms with Crippen LogP contribution in [0.4, 0.5) is 5.69 Å². The summed E-state index contributed by atoms with van der Waals surface area (Å²) in [4.78, 5) is 25.6. The van der Waals surface area contributed by atoms with E-state index in [0.717, 1.165) is 13.1 Å². The number of ether oxygens (including phenoxy) is 1. The van der Waals surface area contributed by atoms with Crippen molar-refractivity contribution in [3.8, 4) is 0 Å². The summed E-state index contributed by atoms with van der Waals surface area (Å²) in [6.07, 6.45) is -0.197. The molecule has 1 atom stereocenters. The van der Waals surface area contributed by atoms with Gasteiger partial charge >= 0.3 is 5.97 Å². The van der Waals surface area contributed by atoms with Gasteiger partial charge in [0.2, 0.25) is 5.91 Å². The van der Waals surface area contributed by atoms with Gasteiger partial charge in [-0.25, -0.2) is 0 Å². The largest absolute Gasteiger partial charge is 0.480 e. The van der Waals surface area contributed by atoms with Crippen molar-refractivity contribution in [2.45, 2.75) is 12.5 Å². The number of nitrogens with one attached hydrogen (secondary N) is 2. The summed E-state index contributed by atoms with van der Waals surface area (Å²) < 4.78 is 5.26. The summed E-state index contributed by atoms with van der Waals surface area (Å²) in [5, 5.41) is 15.6. The molecule has 0 bridgehead atoms. The third-order valence-corrected chi connectivity index (χ3v) is 4.36. The second-order valence-corrected chi connectivity index (χ2v) is 6.52. The van der Waals surface area contributed by atoms with Gasteiger partial charge < -0.3 is 20.5 Å². The maximum atomic E-state index is 12.1. The molecule has 25 heavy (non-hydrogen) atoms. The highest BCUT2D eigenvalue weighted by Gasteiger charge is 2.21. The molecule has 0 saturated carbocycles. The van der Waals surface area contributed by atoms with Crippen molar-refractivity contribution < 1.29 is 19.4 Å². The Morgan fingerprint density at radius 3 is 2.64 bits per heavy atom. The predicted octanol–water partition coefficient (Wildman–Crippen LogP) is 1.70. The van der Waals surface area contributed by atoms with Crippen molar-refractivity contribution in [3.63, 3.8) is 0 Å². The summed E-state index contributed by atoms with van der Waals surface area (Å²) in [5.41, 5.74) is 0.397. The molecular weight excluding hydrogens is 369 g/mol. The quantitative estimate of drug-likeness (QED) is 0.626.